The average molecular weight is 432 g/mol. The van der Waals surface area contributed by atoms with E-state index in [9.17, 15) is 24.6 Å². The van der Waals surface area contributed by atoms with Crippen LogP contribution in [-0.4, -0.2) is 51.9 Å². The molecule has 30 heavy (non-hydrogen) atoms. The maximum Gasteiger partial charge on any atom is 0.326 e. The van der Waals surface area contributed by atoms with Crippen LogP contribution in [0.5, 0.6) is 5.75 Å². The van der Waals surface area contributed by atoms with Crippen molar-refractivity contribution in [3.05, 3.63) is 65.7 Å². The number of carbonyl (C=O) groups is 3. The van der Waals surface area contributed by atoms with Crippen LogP contribution in [0.4, 0.5) is 0 Å². The van der Waals surface area contributed by atoms with Gasteiger partial charge < -0.3 is 26.6 Å². The first kappa shape index (κ1) is 23.2. The summed E-state index contributed by atoms with van der Waals surface area (Å²) in [5, 5.41) is 24.0. The van der Waals surface area contributed by atoms with Crippen LogP contribution < -0.4 is 16.4 Å². The van der Waals surface area contributed by atoms with Crippen molar-refractivity contribution in [1.82, 2.24) is 10.6 Å². The van der Waals surface area contributed by atoms with Gasteiger partial charge in [-0.1, -0.05) is 42.5 Å². The van der Waals surface area contributed by atoms with Gasteiger partial charge >= 0.3 is 5.97 Å². The SMILES string of the molecule is N[C@H](CS)C(=O)N[C@@H](Cc1ccc(O)cc1)C(=O)N[C@H](Cc1ccccc1)C(=O)O. The van der Waals surface area contributed by atoms with Gasteiger partial charge in [0.25, 0.3) is 0 Å². The molecule has 2 aromatic carbocycles. The number of nitrogens with two attached hydrogens (primary N) is 1. The van der Waals surface area contributed by atoms with Gasteiger partial charge in [0.15, 0.2) is 0 Å². The first-order chi connectivity index (χ1) is 14.3. The van der Waals surface area contributed by atoms with E-state index in [0.717, 1.165) is 5.56 Å². The van der Waals surface area contributed by atoms with Gasteiger partial charge in [0, 0.05) is 18.6 Å². The van der Waals surface area contributed by atoms with E-state index in [-0.39, 0.29) is 24.3 Å². The predicted molar refractivity (Wildman–Crippen MR) is 115 cm³/mol. The van der Waals surface area contributed by atoms with Crippen LogP contribution >= 0.6 is 12.6 Å². The molecule has 6 N–H and O–H groups in total. The van der Waals surface area contributed by atoms with Crippen molar-refractivity contribution in [2.75, 3.05) is 5.75 Å². The Hall–Kier alpha value is -3.04. The van der Waals surface area contributed by atoms with E-state index in [1.807, 2.05) is 6.07 Å². The second-order valence-electron chi connectivity index (χ2n) is 6.81. The van der Waals surface area contributed by atoms with Gasteiger partial charge in [-0.2, -0.15) is 12.6 Å². The van der Waals surface area contributed by atoms with Crippen LogP contribution in [0, 0.1) is 0 Å². The summed E-state index contributed by atoms with van der Waals surface area (Å²) in [4.78, 5) is 36.8. The Bertz CT molecular complexity index is 861. The summed E-state index contributed by atoms with van der Waals surface area (Å²) in [6, 6.07) is 11.9. The van der Waals surface area contributed by atoms with Crippen LogP contribution in [0.1, 0.15) is 11.1 Å². The Kier molecular flexibility index (Phi) is 8.70. The number of carboxylic acid groups (broad SMARTS) is 1. The molecule has 0 aliphatic heterocycles. The quantitative estimate of drug-likeness (QED) is 0.302. The number of nitrogens with one attached hydrogen (secondary N) is 2. The monoisotopic (exact) mass is 431 g/mol. The zero-order chi connectivity index (χ0) is 22.1. The maximum atomic E-state index is 12.9. The minimum absolute atomic E-state index is 0.0645. The lowest BCUT2D eigenvalue weighted by atomic mass is 10.0. The van der Waals surface area contributed by atoms with Gasteiger partial charge in [0.2, 0.25) is 11.8 Å². The number of carboxylic acids is 1. The van der Waals surface area contributed by atoms with E-state index in [1.165, 1.54) is 12.1 Å². The number of aliphatic carboxylic acids is 1. The molecular formula is C21H25N3O5S. The molecule has 160 valence electrons. The van der Waals surface area contributed by atoms with Crippen molar-refractivity contribution < 1.29 is 24.6 Å². The number of benzene rings is 2. The summed E-state index contributed by atoms with van der Waals surface area (Å²) in [7, 11) is 0. The highest BCUT2D eigenvalue weighted by Gasteiger charge is 2.28. The minimum Gasteiger partial charge on any atom is -0.508 e. The second-order valence-corrected chi connectivity index (χ2v) is 7.18. The van der Waals surface area contributed by atoms with Gasteiger partial charge in [-0.25, -0.2) is 4.79 Å². The van der Waals surface area contributed by atoms with Crippen molar-refractivity contribution >= 4 is 30.4 Å². The summed E-state index contributed by atoms with van der Waals surface area (Å²) in [6.07, 6.45) is 0.187. The van der Waals surface area contributed by atoms with Gasteiger partial charge in [0.1, 0.15) is 17.8 Å². The van der Waals surface area contributed by atoms with Crippen molar-refractivity contribution in [3.63, 3.8) is 0 Å². The van der Waals surface area contributed by atoms with Gasteiger partial charge in [-0.3, -0.25) is 9.59 Å². The third-order valence-corrected chi connectivity index (χ3v) is 4.83. The van der Waals surface area contributed by atoms with Crippen molar-refractivity contribution in [2.24, 2.45) is 5.73 Å². The molecule has 0 spiro atoms. The number of hydrogen-bond acceptors (Lipinski definition) is 6. The second kappa shape index (κ2) is 11.2. The van der Waals surface area contributed by atoms with Crippen LogP contribution in [-0.2, 0) is 27.2 Å². The molecule has 0 unspecified atom stereocenters. The Labute approximate surface area is 179 Å². The highest BCUT2D eigenvalue weighted by molar-refractivity contribution is 7.80. The molecule has 0 saturated carbocycles. The normalized spacial score (nSPS) is 13.7. The zero-order valence-electron chi connectivity index (χ0n) is 16.2. The van der Waals surface area contributed by atoms with Crippen molar-refractivity contribution in [2.45, 2.75) is 31.0 Å². The largest absolute Gasteiger partial charge is 0.508 e. The summed E-state index contributed by atoms with van der Waals surface area (Å²) in [5.74, 6) is -2.25. The summed E-state index contributed by atoms with van der Waals surface area (Å²) < 4.78 is 0. The van der Waals surface area contributed by atoms with Crippen LogP contribution in [0.3, 0.4) is 0 Å². The molecular weight excluding hydrogens is 406 g/mol. The molecule has 2 aromatic rings. The maximum absolute atomic E-state index is 12.9. The fourth-order valence-corrected chi connectivity index (χ4v) is 2.93. The molecule has 0 aliphatic carbocycles. The summed E-state index contributed by atoms with van der Waals surface area (Å²) in [5.41, 5.74) is 7.10. The lowest BCUT2D eigenvalue weighted by molar-refractivity contribution is -0.142. The molecule has 0 aromatic heterocycles. The molecule has 2 amide bonds. The van der Waals surface area contributed by atoms with Gasteiger partial charge in [-0.05, 0) is 23.3 Å². The molecule has 0 heterocycles. The van der Waals surface area contributed by atoms with E-state index >= 15 is 0 Å². The highest BCUT2D eigenvalue weighted by Crippen LogP contribution is 2.12. The molecule has 0 aliphatic rings. The summed E-state index contributed by atoms with van der Waals surface area (Å²) in [6.45, 7) is 0. The molecule has 0 fully saturated rings. The first-order valence-corrected chi connectivity index (χ1v) is 9.95. The Morgan fingerprint density at radius 1 is 0.867 bits per heavy atom. The van der Waals surface area contributed by atoms with E-state index < -0.39 is 35.9 Å². The predicted octanol–water partition coefficient (Wildman–Crippen LogP) is 0.489. The fraction of sp³-hybridized carbons (Fsp3) is 0.286. The molecule has 0 saturated heterocycles. The number of rotatable bonds is 10. The molecule has 9 heteroatoms. The number of phenolic OH excluding ortho intramolecular Hbond substituents is 1. The number of phenols is 1. The Balaban J connectivity index is 2.17. The molecule has 0 bridgehead atoms. The third-order valence-electron chi connectivity index (χ3n) is 4.44. The van der Waals surface area contributed by atoms with Crippen molar-refractivity contribution in [1.29, 1.82) is 0 Å². The highest BCUT2D eigenvalue weighted by atomic mass is 32.1. The van der Waals surface area contributed by atoms with E-state index in [2.05, 4.69) is 23.3 Å². The molecule has 0 radical (unpaired) electrons. The smallest absolute Gasteiger partial charge is 0.326 e. The van der Waals surface area contributed by atoms with Crippen molar-refractivity contribution in [3.8, 4) is 5.75 Å². The molecule has 8 nitrogen and oxygen atoms in total. The standard InChI is InChI=1S/C21H25N3O5S/c22-16(12-30)19(26)23-17(10-14-6-8-15(25)9-7-14)20(27)24-18(21(28)29)11-13-4-2-1-3-5-13/h1-9,16-18,25,30H,10-12,22H2,(H,23,26)(H,24,27)(H,28,29)/t16-,17+,18-/m1/s1. The number of thiol groups is 1. The Morgan fingerprint density at radius 3 is 1.97 bits per heavy atom. The van der Waals surface area contributed by atoms with Gasteiger partial charge in [-0.15, -0.1) is 0 Å². The van der Waals surface area contributed by atoms with E-state index in [4.69, 9.17) is 5.73 Å². The summed E-state index contributed by atoms with van der Waals surface area (Å²) >= 11 is 3.99. The van der Waals surface area contributed by atoms with Crippen LogP contribution in [0.15, 0.2) is 54.6 Å². The fourth-order valence-electron chi connectivity index (χ4n) is 2.76. The van der Waals surface area contributed by atoms with Crippen LogP contribution in [0.2, 0.25) is 0 Å². The minimum atomic E-state index is -1.19. The third kappa shape index (κ3) is 7.09. The van der Waals surface area contributed by atoms with E-state index in [0.29, 0.717) is 5.56 Å². The lowest BCUT2D eigenvalue weighted by Crippen LogP contribution is -2.55. The number of aromatic hydroxyl groups is 1. The number of amides is 2. The molecule has 2 rings (SSSR count). The van der Waals surface area contributed by atoms with Crippen LogP contribution in [0.25, 0.3) is 0 Å². The lowest BCUT2D eigenvalue weighted by Gasteiger charge is -2.23. The first-order valence-electron chi connectivity index (χ1n) is 9.32. The topological polar surface area (TPSA) is 142 Å². The Morgan fingerprint density at radius 2 is 1.40 bits per heavy atom. The number of hydrogen-bond donors (Lipinski definition) is 6. The molecule has 3 atom stereocenters. The van der Waals surface area contributed by atoms with E-state index in [1.54, 1.807) is 36.4 Å². The van der Waals surface area contributed by atoms with Gasteiger partial charge in [0.05, 0.1) is 6.04 Å². The average Bonchev–Trinajstić information content (AvgIpc) is 2.74. The number of carbonyl (C=O) groups excluding carboxylic acids is 2. The zero-order valence-corrected chi connectivity index (χ0v) is 17.1.